The van der Waals surface area contributed by atoms with Gasteiger partial charge in [-0.05, 0) is 36.5 Å². The summed E-state index contributed by atoms with van der Waals surface area (Å²) in [6.45, 7) is 3.09. The number of piperidine rings is 1. The highest BCUT2D eigenvalue weighted by atomic mass is 16.5. The topological polar surface area (TPSA) is 37.7 Å². The van der Waals surface area contributed by atoms with Crippen molar-refractivity contribution in [2.75, 3.05) is 26.7 Å². The summed E-state index contributed by atoms with van der Waals surface area (Å²) >= 11 is 0. The molecule has 0 aliphatic carbocycles. The number of ether oxygens (including phenoxy) is 1. The van der Waals surface area contributed by atoms with E-state index >= 15 is 0 Å². The van der Waals surface area contributed by atoms with Crippen LogP contribution in [0.5, 0.6) is 5.88 Å². The molecule has 2 aliphatic heterocycles. The van der Waals surface area contributed by atoms with Crippen LogP contribution in [0.2, 0.25) is 0 Å². The van der Waals surface area contributed by atoms with Gasteiger partial charge in [0.15, 0.2) is 0 Å². The van der Waals surface area contributed by atoms with Gasteiger partial charge in [0, 0.05) is 37.3 Å². The number of hydrogen-bond acceptors (Lipinski definition) is 4. The van der Waals surface area contributed by atoms with E-state index in [1.165, 1.54) is 24.1 Å². The predicted octanol–water partition coefficient (Wildman–Crippen LogP) is 2.24. The Bertz CT molecular complexity index is 502. The van der Waals surface area contributed by atoms with E-state index in [0.717, 1.165) is 19.6 Å². The molecule has 1 aromatic heterocycles. The normalized spacial score (nSPS) is 19.6. The van der Waals surface area contributed by atoms with Crippen molar-refractivity contribution in [2.24, 2.45) is 4.99 Å². The van der Waals surface area contributed by atoms with Crippen LogP contribution in [-0.2, 0) is 0 Å². The van der Waals surface area contributed by atoms with Gasteiger partial charge >= 0.3 is 0 Å². The number of aliphatic imine (C=N–C) groups is 1. The lowest BCUT2D eigenvalue weighted by molar-refractivity contribution is 0.261. The predicted molar refractivity (Wildman–Crippen MR) is 75.8 cm³/mol. The van der Waals surface area contributed by atoms with Crippen LogP contribution in [0.15, 0.2) is 35.1 Å². The average molecular weight is 257 g/mol. The Labute approximate surface area is 113 Å². The van der Waals surface area contributed by atoms with Gasteiger partial charge in [-0.3, -0.25) is 4.99 Å². The standard InChI is InChI=1S/C15H19N3O/c1-19-15-10-13(2-7-17-15)12-4-8-18(9-5-12)14-3-6-16-11-14/h2-3,6-7,10,12H,4-5,8-9,11H2,1H3. The summed E-state index contributed by atoms with van der Waals surface area (Å²) in [4.78, 5) is 10.9. The van der Waals surface area contributed by atoms with E-state index < -0.39 is 0 Å². The first-order chi connectivity index (χ1) is 9.36. The second kappa shape index (κ2) is 5.43. The molecule has 3 heterocycles. The van der Waals surface area contributed by atoms with E-state index in [-0.39, 0.29) is 0 Å². The van der Waals surface area contributed by atoms with Gasteiger partial charge < -0.3 is 9.64 Å². The highest BCUT2D eigenvalue weighted by Crippen LogP contribution is 2.30. The van der Waals surface area contributed by atoms with E-state index in [0.29, 0.717) is 11.8 Å². The summed E-state index contributed by atoms with van der Waals surface area (Å²) in [5.74, 6) is 1.34. The molecule has 19 heavy (non-hydrogen) atoms. The molecule has 0 saturated carbocycles. The Hall–Kier alpha value is -1.84. The molecule has 0 unspecified atom stereocenters. The Morgan fingerprint density at radius 1 is 1.32 bits per heavy atom. The van der Waals surface area contributed by atoms with Gasteiger partial charge in [-0.25, -0.2) is 4.98 Å². The molecule has 1 fully saturated rings. The largest absolute Gasteiger partial charge is 0.481 e. The van der Waals surface area contributed by atoms with E-state index in [4.69, 9.17) is 4.74 Å². The second-order valence-corrected chi connectivity index (χ2v) is 5.04. The van der Waals surface area contributed by atoms with Crippen molar-refractivity contribution >= 4 is 6.21 Å². The fourth-order valence-corrected chi connectivity index (χ4v) is 2.83. The molecule has 3 rings (SSSR count). The first kappa shape index (κ1) is 12.2. The van der Waals surface area contributed by atoms with E-state index in [1.807, 2.05) is 12.4 Å². The average Bonchev–Trinajstić information content (AvgIpc) is 3.02. The number of rotatable bonds is 3. The molecule has 2 aliphatic rings. The highest BCUT2D eigenvalue weighted by Gasteiger charge is 2.22. The molecule has 4 nitrogen and oxygen atoms in total. The molecular formula is C15H19N3O. The molecule has 1 saturated heterocycles. The van der Waals surface area contributed by atoms with Crippen LogP contribution in [0.4, 0.5) is 0 Å². The number of aromatic nitrogens is 1. The number of likely N-dealkylation sites (tertiary alicyclic amines) is 1. The van der Waals surface area contributed by atoms with Crippen LogP contribution in [0, 0.1) is 0 Å². The quantitative estimate of drug-likeness (QED) is 0.833. The molecule has 4 heteroatoms. The fourth-order valence-electron chi connectivity index (χ4n) is 2.83. The lowest BCUT2D eigenvalue weighted by atomic mass is 9.90. The Balaban J connectivity index is 1.63. The van der Waals surface area contributed by atoms with Gasteiger partial charge in [0.25, 0.3) is 0 Å². The summed E-state index contributed by atoms with van der Waals surface area (Å²) in [5, 5.41) is 0. The first-order valence-electron chi connectivity index (χ1n) is 6.80. The molecule has 0 radical (unpaired) electrons. The third kappa shape index (κ3) is 2.62. The van der Waals surface area contributed by atoms with Crippen LogP contribution >= 0.6 is 0 Å². The molecule has 0 spiro atoms. The summed E-state index contributed by atoms with van der Waals surface area (Å²) in [6.07, 6.45) is 8.26. The highest BCUT2D eigenvalue weighted by molar-refractivity contribution is 5.74. The molecule has 0 N–H and O–H groups in total. The zero-order valence-corrected chi connectivity index (χ0v) is 11.2. The number of nitrogens with zero attached hydrogens (tertiary/aromatic N) is 3. The molecular weight excluding hydrogens is 238 g/mol. The van der Waals surface area contributed by atoms with Gasteiger partial charge in [0.1, 0.15) is 0 Å². The van der Waals surface area contributed by atoms with Crippen LogP contribution in [0.1, 0.15) is 24.3 Å². The van der Waals surface area contributed by atoms with Crippen molar-refractivity contribution in [1.29, 1.82) is 0 Å². The smallest absolute Gasteiger partial charge is 0.213 e. The maximum Gasteiger partial charge on any atom is 0.213 e. The van der Waals surface area contributed by atoms with Crippen molar-refractivity contribution in [3.05, 3.63) is 35.7 Å². The SMILES string of the molecule is COc1cc(C2CCN(C3=CC=NC3)CC2)ccn1. The number of hydrogen-bond donors (Lipinski definition) is 0. The first-order valence-corrected chi connectivity index (χ1v) is 6.80. The number of allylic oxidation sites excluding steroid dienone is 1. The van der Waals surface area contributed by atoms with Crippen molar-refractivity contribution in [3.8, 4) is 5.88 Å². The van der Waals surface area contributed by atoms with Crippen molar-refractivity contribution < 1.29 is 4.74 Å². The van der Waals surface area contributed by atoms with Crippen LogP contribution in [-0.4, -0.2) is 42.8 Å². The summed E-state index contributed by atoms with van der Waals surface area (Å²) < 4.78 is 5.20. The Kier molecular flexibility index (Phi) is 3.49. The molecule has 0 aromatic carbocycles. The van der Waals surface area contributed by atoms with Crippen LogP contribution in [0.3, 0.4) is 0 Å². The van der Waals surface area contributed by atoms with Gasteiger partial charge in [0.2, 0.25) is 5.88 Å². The number of methoxy groups -OCH3 is 1. The number of pyridine rings is 1. The van der Waals surface area contributed by atoms with E-state index in [2.05, 4.69) is 33.1 Å². The molecule has 1 aromatic rings. The van der Waals surface area contributed by atoms with Crippen molar-refractivity contribution in [3.63, 3.8) is 0 Å². The molecule has 0 atom stereocenters. The minimum Gasteiger partial charge on any atom is -0.481 e. The minimum absolute atomic E-state index is 0.621. The van der Waals surface area contributed by atoms with Crippen molar-refractivity contribution in [2.45, 2.75) is 18.8 Å². The van der Waals surface area contributed by atoms with E-state index in [1.54, 1.807) is 7.11 Å². The maximum atomic E-state index is 5.20. The third-order valence-electron chi connectivity index (χ3n) is 3.97. The maximum absolute atomic E-state index is 5.20. The Morgan fingerprint density at radius 2 is 2.16 bits per heavy atom. The summed E-state index contributed by atoms with van der Waals surface area (Å²) in [7, 11) is 1.67. The minimum atomic E-state index is 0.621. The van der Waals surface area contributed by atoms with Gasteiger partial charge in [-0.15, -0.1) is 0 Å². The van der Waals surface area contributed by atoms with Gasteiger partial charge in [0.05, 0.1) is 13.7 Å². The fraction of sp³-hybridized carbons (Fsp3) is 0.467. The summed E-state index contributed by atoms with van der Waals surface area (Å²) in [5.41, 5.74) is 2.72. The lowest BCUT2D eigenvalue weighted by Gasteiger charge is -2.34. The molecule has 0 amide bonds. The summed E-state index contributed by atoms with van der Waals surface area (Å²) in [6, 6.07) is 4.18. The van der Waals surface area contributed by atoms with Gasteiger partial charge in [-0.2, -0.15) is 0 Å². The molecule has 0 bridgehead atoms. The monoisotopic (exact) mass is 257 g/mol. The Morgan fingerprint density at radius 3 is 2.84 bits per heavy atom. The second-order valence-electron chi connectivity index (χ2n) is 5.04. The zero-order chi connectivity index (χ0) is 13.1. The zero-order valence-electron chi connectivity index (χ0n) is 11.2. The third-order valence-corrected chi connectivity index (χ3v) is 3.97. The van der Waals surface area contributed by atoms with Crippen LogP contribution in [0.25, 0.3) is 0 Å². The molecule has 100 valence electrons. The van der Waals surface area contributed by atoms with E-state index in [9.17, 15) is 0 Å². The van der Waals surface area contributed by atoms with Gasteiger partial charge in [-0.1, -0.05) is 0 Å². The van der Waals surface area contributed by atoms with Crippen molar-refractivity contribution in [1.82, 2.24) is 9.88 Å². The lowest BCUT2D eigenvalue weighted by Crippen LogP contribution is -2.32. The van der Waals surface area contributed by atoms with Crippen LogP contribution < -0.4 is 4.74 Å².